The van der Waals surface area contributed by atoms with E-state index in [1.54, 1.807) is 38.1 Å². The van der Waals surface area contributed by atoms with Crippen molar-refractivity contribution in [1.82, 2.24) is 5.64 Å². The summed E-state index contributed by atoms with van der Waals surface area (Å²) in [7, 11) is -8.49. The molecule has 0 amide bonds. The van der Waals surface area contributed by atoms with Gasteiger partial charge in [-0.25, -0.2) is 0 Å². The lowest BCUT2D eigenvalue weighted by Crippen LogP contribution is -2.19. The molecule has 0 aliphatic rings. The summed E-state index contributed by atoms with van der Waals surface area (Å²) in [6.07, 6.45) is 0. The van der Waals surface area contributed by atoms with Crippen LogP contribution >= 0.6 is 0 Å². The molecule has 0 bridgehead atoms. The van der Waals surface area contributed by atoms with Crippen LogP contribution in [-0.2, 0) is 28.8 Å². The molecule has 0 atom stereocenters. The van der Waals surface area contributed by atoms with E-state index in [2.05, 4.69) is 14.2 Å². The van der Waals surface area contributed by atoms with Crippen molar-refractivity contribution in [2.24, 2.45) is 0 Å². The Kier molecular flexibility index (Phi) is 5.17. The summed E-state index contributed by atoms with van der Waals surface area (Å²) in [4.78, 5) is -0.327. The highest BCUT2D eigenvalue weighted by Gasteiger charge is 2.21. The van der Waals surface area contributed by atoms with Crippen LogP contribution in [0.15, 0.2) is 58.3 Å². The van der Waals surface area contributed by atoms with Crippen molar-refractivity contribution in [1.29, 1.82) is 0 Å². The van der Waals surface area contributed by atoms with Gasteiger partial charge >= 0.3 is 20.2 Å². The van der Waals surface area contributed by atoms with Crippen LogP contribution < -0.4 is 5.64 Å². The third kappa shape index (κ3) is 4.60. The summed E-state index contributed by atoms with van der Waals surface area (Å²) < 4.78 is 55.7. The molecular formula is C14H14NO6S2. The van der Waals surface area contributed by atoms with Crippen molar-refractivity contribution in [3.05, 3.63) is 59.7 Å². The number of rotatable bonds is 6. The molecule has 0 N–H and O–H groups in total. The molecule has 0 aliphatic heterocycles. The van der Waals surface area contributed by atoms with Gasteiger partial charge in [0.05, 0.1) is 15.4 Å². The Morgan fingerprint density at radius 1 is 0.652 bits per heavy atom. The van der Waals surface area contributed by atoms with Crippen molar-refractivity contribution >= 4 is 20.2 Å². The molecule has 123 valence electrons. The molecular weight excluding hydrogens is 342 g/mol. The normalized spacial score (nSPS) is 12.3. The SMILES string of the molecule is Cc1ccc(S(=O)(=O)O[N]OS(=O)(=O)c2ccc(C)cc2)cc1. The van der Waals surface area contributed by atoms with E-state index in [4.69, 9.17) is 0 Å². The van der Waals surface area contributed by atoms with Crippen molar-refractivity contribution in [2.75, 3.05) is 0 Å². The van der Waals surface area contributed by atoms with Gasteiger partial charge in [-0.1, -0.05) is 35.4 Å². The van der Waals surface area contributed by atoms with Gasteiger partial charge in [-0.05, 0) is 38.1 Å². The van der Waals surface area contributed by atoms with Crippen LogP contribution in [0, 0.1) is 13.8 Å². The molecule has 9 heteroatoms. The van der Waals surface area contributed by atoms with E-state index in [-0.39, 0.29) is 9.79 Å². The van der Waals surface area contributed by atoms with Crippen LogP contribution in [0.4, 0.5) is 0 Å². The highest BCUT2D eigenvalue weighted by molar-refractivity contribution is 7.87. The molecule has 0 spiro atoms. The van der Waals surface area contributed by atoms with E-state index < -0.39 is 20.2 Å². The molecule has 1 radical (unpaired) electrons. The lowest BCUT2D eigenvalue weighted by atomic mass is 10.2. The fourth-order valence-electron chi connectivity index (χ4n) is 1.59. The van der Waals surface area contributed by atoms with Crippen LogP contribution in [0.25, 0.3) is 0 Å². The predicted octanol–water partition coefficient (Wildman–Crippen LogP) is 1.85. The Morgan fingerprint density at radius 2 is 0.957 bits per heavy atom. The lowest BCUT2D eigenvalue weighted by molar-refractivity contribution is -0.0183. The topological polar surface area (TPSA) is 101 Å². The molecule has 23 heavy (non-hydrogen) atoms. The van der Waals surface area contributed by atoms with Gasteiger partial charge in [0.2, 0.25) is 0 Å². The average Bonchev–Trinajstić information content (AvgIpc) is 2.47. The molecule has 0 heterocycles. The first-order valence-corrected chi connectivity index (χ1v) is 9.23. The van der Waals surface area contributed by atoms with E-state index in [0.29, 0.717) is 0 Å². The van der Waals surface area contributed by atoms with Crippen LogP contribution in [0.2, 0.25) is 0 Å². The monoisotopic (exact) mass is 356 g/mol. The van der Waals surface area contributed by atoms with Gasteiger partial charge in [0.25, 0.3) is 0 Å². The minimum atomic E-state index is -4.24. The van der Waals surface area contributed by atoms with E-state index in [0.717, 1.165) is 11.1 Å². The summed E-state index contributed by atoms with van der Waals surface area (Å²) in [5, 5.41) is 0. The summed E-state index contributed by atoms with van der Waals surface area (Å²) in [6, 6.07) is 11.5. The highest BCUT2D eigenvalue weighted by atomic mass is 32.2. The van der Waals surface area contributed by atoms with Gasteiger partial charge < -0.3 is 0 Å². The third-order valence-electron chi connectivity index (χ3n) is 2.88. The van der Waals surface area contributed by atoms with Gasteiger partial charge in [0.15, 0.2) is 0 Å². The van der Waals surface area contributed by atoms with Crippen molar-refractivity contribution < 1.29 is 25.4 Å². The first-order chi connectivity index (χ1) is 10.7. The molecule has 0 unspecified atom stereocenters. The number of aryl methyl sites for hydroxylation is 2. The van der Waals surface area contributed by atoms with Gasteiger partial charge in [0, 0.05) is 0 Å². The van der Waals surface area contributed by atoms with Crippen molar-refractivity contribution in [3.63, 3.8) is 0 Å². The molecule has 7 nitrogen and oxygen atoms in total. The lowest BCUT2D eigenvalue weighted by Gasteiger charge is -2.05. The molecule has 0 saturated carbocycles. The van der Waals surface area contributed by atoms with Gasteiger partial charge in [-0.2, -0.15) is 16.8 Å². The molecule has 2 aromatic carbocycles. The Labute approximate surface area is 135 Å². The Morgan fingerprint density at radius 3 is 1.26 bits per heavy atom. The molecule has 0 aliphatic carbocycles. The second-order valence-electron chi connectivity index (χ2n) is 4.76. The summed E-state index contributed by atoms with van der Waals surface area (Å²) in [6.45, 7) is 3.58. The van der Waals surface area contributed by atoms with Crippen LogP contribution in [0.5, 0.6) is 0 Å². The zero-order valence-electron chi connectivity index (χ0n) is 12.3. The number of nitrogens with zero attached hydrogens (tertiary/aromatic N) is 1. The summed E-state index contributed by atoms with van der Waals surface area (Å²) in [5.74, 6) is 0. The summed E-state index contributed by atoms with van der Waals surface area (Å²) in [5.41, 5.74) is 4.46. The van der Waals surface area contributed by atoms with Crippen molar-refractivity contribution in [2.45, 2.75) is 23.6 Å². The van der Waals surface area contributed by atoms with E-state index >= 15 is 0 Å². The molecule has 2 aromatic rings. The average molecular weight is 356 g/mol. The van der Waals surface area contributed by atoms with Gasteiger partial charge in [-0.3, -0.25) is 0 Å². The van der Waals surface area contributed by atoms with E-state index in [9.17, 15) is 16.8 Å². The molecule has 0 fully saturated rings. The Balaban J connectivity index is 2.03. The molecule has 0 aromatic heterocycles. The number of benzene rings is 2. The largest absolute Gasteiger partial charge is 0.316 e. The predicted molar refractivity (Wildman–Crippen MR) is 81.0 cm³/mol. The quantitative estimate of drug-likeness (QED) is 0.732. The fourth-order valence-corrected chi connectivity index (χ4v) is 2.96. The van der Waals surface area contributed by atoms with Gasteiger partial charge in [-0.15, -0.1) is 8.57 Å². The van der Waals surface area contributed by atoms with E-state index in [1.807, 2.05) is 0 Å². The van der Waals surface area contributed by atoms with Gasteiger partial charge in [0.1, 0.15) is 0 Å². The van der Waals surface area contributed by atoms with Crippen LogP contribution in [-0.4, -0.2) is 16.8 Å². The fraction of sp³-hybridized carbons (Fsp3) is 0.143. The number of hydrogen-bond acceptors (Lipinski definition) is 6. The highest BCUT2D eigenvalue weighted by Crippen LogP contribution is 2.15. The minimum Gasteiger partial charge on any atom is -0.192 e. The summed E-state index contributed by atoms with van der Waals surface area (Å²) >= 11 is 0. The maximum atomic E-state index is 11.8. The standard InChI is InChI=1S/C14H14NO6S2/c1-11-3-7-13(8-4-11)22(16,17)20-15-21-23(18,19)14-9-5-12(2)6-10-14/h3-10H,1-2H3. The van der Waals surface area contributed by atoms with Crippen LogP contribution in [0.3, 0.4) is 0 Å². The maximum absolute atomic E-state index is 11.8. The third-order valence-corrected chi connectivity index (χ3v) is 5.09. The second kappa shape index (κ2) is 6.77. The Bertz CT molecular complexity index is 796. The molecule has 2 rings (SSSR count). The van der Waals surface area contributed by atoms with E-state index in [1.165, 1.54) is 24.3 Å². The molecule has 0 saturated heterocycles. The second-order valence-corrected chi connectivity index (χ2v) is 7.82. The van der Waals surface area contributed by atoms with Crippen LogP contribution in [0.1, 0.15) is 11.1 Å². The first kappa shape index (κ1) is 17.6. The first-order valence-electron chi connectivity index (χ1n) is 6.42. The minimum absolute atomic E-state index is 0.164. The zero-order valence-corrected chi connectivity index (χ0v) is 14.0. The van der Waals surface area contributed by atoms with Crippen molar-refractivity contribution in [3.8, 4) is 0 Å². The zero-order chi connectivity index (χ0) is 17.1. The number of hydrogen-bond donors (Lipinski definition) is 0. The smallest absolute Gasteiger partial charge is 0.192 e. The maximum Gasteiger partial charge on any atom is 0.316 e. The Hall–Kier alpha value is -1.78.